The minimum Gasteiger partial charge on any atom is -0.463 e. The number of nitrogens with zero attached hydrogens (tertiary/aromatic N) is 1. The molecule has 1 heterocycles. The highest BCUT2D eigenvalue weighted by molar-refractivity contribution is 9.10. The molecule has 0 radical (unpaired) electrons. The zero-order valence-corrected chi connectivity index (χ0v) is 14.0. The molecule has 1 aromatic heterocycles. The van der Waals surface area contributed by atoms with Gasteiger partial charge in [0, 0.05) is 17.7 Å². The van der Waals surface area contributed by atoms with Crippen LogP contribution < -0.4 is 4.74 Å². The van der Waals surface area contributed by atoms with Gasteiger partial charge >= 0.3 is 5.97 Å². The van der Waals surface area contributed by atoms with Crippen LogP contribution >= 0.6 is 15.9 Å². The van der Waals surface area contributed by atoms with Crippen LogP contribution in [0.25, 0.3) is 11.3 Å². The Bertz CT molecular complexity index is 877. The van der Waals surface area contributed by atoms with Gasteiger partial charge in [-0.05, 0) is 52.3 Å². The first-order valence-corrected chi connectivity index (χ1v) is 7.64. The summed E-state index contributed by atoms with van der Waals surface area (Å²) in [5, 5.41) is 3.82. The van der Waals surface area contributed by atoms with Crippen molar-refractivity contribution in [2.75, 3.05) is 7.11 Å². The molecule has 7 heteroatoms. The third-order valence-corrected chi connectivity index (χ3v) is 3.82. The molecule has 0 atom stereocenters. The van der Waals surface area contributed by atoms with E-state index in [4.69, 9.17) is 9.26 Å². The summed E-state index contributed by atoms with van der Waals surface area (Å²) in [6.07, 6.45) is 0. The van der Waals surface area contributed by atoms with Crippen molar-refractivity contribution in [1.29, 1.82) is 0 Å². The zero-order valence-electron chi connectivity index (χ0n) is 12.5. The number of rotatable bonds is 4. The lowest BCUT2D eigenvalue weighted by atomic mass is 10.1. The largest absolute Gasteiger partial charge is 0.463 e. The number of hydrogen-bond acceptors (Lipinski definition) is 5. The second-order valence-electron chi connectivity index (χ2n) is 4.77. The molecule has 0 aliphatic heterocycles. The number of carbonyl (C=O) groups is 1. The van der Waals surface area contributed by atoms with Crippen LogP contribution in [0.2, 0.25) is 0 Å². The van der Waals surface area contributed by atoms with Gasteiger partial charge in [0.1, 0.15) is 23.0 Å². The van der Waals surface area contributed by atoms with Gasteiger partial charge in [-0.3, -0.25) is 0 Å². The molecule has 24 heavy (non-hydrogen) atoms. The van der Waals surface area contributed by atoms with Crippen molar-refractivity contribution in [3.63, 3.8) is 0 Å². The summed E-state index contributed by atoms with van der Waals surface area (Å²) in [6.45, 7) is 0. The summed E-state index contributed by atoms with van der Waals surface area (Å²) in [6, 6.07) is 12.6. The normalized spacial score (nSPS) is 10.5. The van der Waals surface area contributed by atoms with Crippen LogP contribution in [0.3, 0.4) is 0 Å². The highest BCUT2D eigenvalue weighted by Crippen LogP contribution is 2.31. The lowest BCUT2D eigenvalue weighted by Crippen LogP contribution is -1.98. The lowest BCUT2D eigenvalue weighted by molar-refractivity contribution is 0.0554. The molecule has 0 aliphatic rings. The molecule has 2 aromatic carbocycles. The van der Waals surface area contributed by atoms with Crippen molar-refractivity contribution in [1.82, 2.24) is 5.16 Å². The number of methoxy groups -OCH3 is 1. The monoisotopic (exact) mass is 391 g/mol. The Labute approximate surface area is 145 Å². The zero-order chi connectivity index (χ0) is 17.1. The van der Waals surface area contributed by atoms with Crippen molar-refractivity contribution >= 4 is 21.9 Å². The van der Waals surface area contributed by atoms with Gasteiger partial charge in [-0.1, -0.05) is 5.16 Å². The fraction of sp³-hybridized carbons (Fsp3) is 0.0588. The lowest BCUT2D eigenvalue weighted by Gasteiger charge is -2.08. The molecule has 0 N–H and O–H groups in total. The number of esters is 1. The average Bonchev–Trinajstić information content (AvgIpc) is 3.08. The van der Waals surface area contributed by atoms with Crippen LogP contribution in [0.5, 0.6) is 11.5 Å². The van der Waals surface area contributed by atoms with Crippen molar-refractivity contribution in [3.8, 4) is 22.8 Å². The first kappa shape index (κ1) is 16.2. The Morgan fingerprint density at radius 3 is 2.62 bits per heavy atom. The summed E-state index contributed by atoms with van der Waals surface area (Å²) in [5.74, 6) is -0.0529. The summed E-state index contributed by atoms with van der Waals surface area (Å²) in [7, 11) is 1.27. The molecular formula is C17H11BrFNO4. The van der Waals surface area contributed by atoms with Crippen LogP contribution in [0.4, 0.5) is 4.39 Å². The summed E-state index contributed by atoms with van der Waals surface area (Å²) in [5.41, 5.74) is 1.23. The maximum absolute atomic E-state index is 13.3. The van der Waals surface area contributed by atoms with Gasteiger partial charge in [0.25, 0.3) is 0 Å². The Hall–Kier alpha value is -2.67. The molecule has 0 saturated carbocycles. The van der Waals surface area contributed by atoms with E-state index in [0.717, 1.165) is 5.56 Å². The average molecular weight is 392 g/mol. The topological polar surface area (TPSA) is 61.6 Å². The molecule has 122 valence electrons. The van der Waals surface area contributed by atoms with Gasteiger partial charge < -0.3 is 14.0 Å². The van der Waals surface area contributed by atoms with Gasteiger partial charge in [-0.15, -0.1) is 0 Å². The number of hydrogen-bond donors (Lipinski definition) is 0. The number of carbonyl (C=O) groups excluding carboxylic acids is 1. The van der Waals surface area contributed by atoms with Gasteiger partial charge in [0.05, 0.1) is 11.6 Å². The highest BCUT2D eigenvalue weighted by Gasteiger charge is 2.14. The van der Waals surface area contributed by atoms with E-state index in [2.05, 4.69) is 25.8 Å². The van der Waals surface area contributed by atoms with Gasteiger partial charge in [-0.2, -0.15) is 0 Å². The third kappa shape index (κ3) is 3.46. The van der Waals surface area contributed by atoms with Gasteiger partial charge in [0.15, 0.2) is 0 Å². The molecule has 0 unspecified atom stereocenters. The van der Waals surface area contributed by atoms with Crippen molar-refractivity contribution in [2.45, 2.75) is 0 Å². The van der Waals surface area contributed by atoms with Crippen LogP contribution in [-0.2, 0) is 4.74 Å². The van der Waals surface area contributed by atoms with Crippen LogP contribution in [0, 0.1) is 5.82 Å². The molecular weight excluding hydrogens is 381 g/mol. The SMILES string of the molecule is COC(=O)c1cc(-c2ccc(Oc3cc(F)ccc3Br)cc2)no1. The molecule has 0 aliphatic carbocycles. The van der Waals surface area contributed by atoms with Crippen LogP contribution in [0.15, 0.2) is 57.5 Å². The minimum atomic E-state index is -0.593. The van der Waals surface area contributed by atoms with Crippen molar-refractivity contribution in [3.05, 3.63) is 64.6 Å². The molecule has 0 fully saturated rings. The second-order valence-corrected chi connectivity index (χ2v) is 5.62. The number of aromatic nitrogens is 1. The molecule has 3 aromatic rings. The predicted octanol–water partition coefficient (Wildman–Crippen LogP) is 4.82. The Morgan fingerprint density at radius 2 is 1.92 bits per heavy atom. The van der Waals surface area contributed by atoms with E-state index in [1.165, 1.54) is 25.3 Å². The van der Waals surface area contributed by atoms with Crippen molar-refractivity contribution in [2.24, 2.45) is 0 Å². The van der Waals surface area contributed by atoms with Crippen LogP contribution in [0.1, 0.15) is 10.6 Å². The minimum absolute atomic E-state index is 0.0246. The smallest absolute Gasteiger partial charge is 0.376 e. The van der Waals surface area contributed by atoms with E-state index in [9.17, 15) is 9.18 Å². The maximum atomic E-state index is 13.3. The Morgan fingerprint density at radius 1 is 1.17 bits per heavy atom. The standard InChI is InChI=1S/C17H11BrFNO4/c1-22-17(21)16-9-14(20-24-16)10-2-5-12(6-3-10)23-15-8-11(19)4-7-13(15)18/h2-9H,1H3. The fourth-order valence-corrected chi connectivity index (χ4v) is 2.31. The van der Waals surface area contributed by atoms with Crippen molar-refractivity contribution < 1.29 is 23.2 Å². The first-order chi connectivity index (χ1) is 11.6. The number of benzene rings is 2. The van der Waals surface area contributed by atoms with Gasteiger partial charge in [-0.25, -0.2) is 9.18 Å². The Kier molecular flexibility index (Phi) is 4.61. The third-order valence-electron chi connectivity index (χ3n) is 3.17. The van der Waals surface area contributed by atoms with E-state index >= 15 is 0 Å². The maximum Gasteiger partial charge on any atom is 0.376 e. The molecule has 0 saturated heterocycles. The summed E-state index contributed by atoms with van der Waals surface area (Å²) < 4.78 is 29.0. The quantitative estimate of drug-likeness (QED) is 0.596. The number of halogens is 2. The van der Waals surface area contributed by atoms with E-state index in [-0.39, 0.29) is 11.6 Å². The molecule has 0 bridgehead atoms. The molecule has 0 amide bonds. The molecule has 5 nitrogen and oxygen atoms in total. The summed E-state index contributed by atoms with van der Waals surface area (Å²) >= 11 is 3.30. The second kappa shape index (κ2) is 6.84. The van der Waals surface area contributed by atoms with Crippen LogP contribution in [-0.4, -0.2) is 18.2 Å². The molecule has 0 spiro atoms. The molecule has 3 rings (SSSR count). The Balaban J connectivity index is 1.79. The van der Waals surface area contributed by atoms with Gasteiger partial charge in [0.2, 0.25) is 5.76 Å². The fourth-order valence-electron chi connectivity index (χ4n) is 1.98. The van der Waals surface area contributed by atoms with E-state index < -0.39 is 5.97 Å². The van der Waals surface area contributed by atoms with E-state index in [1.807, 2.05) is 0 Å². The number of ether oxygens (including phenoxy) is 2. The highest BCUT2D eigenvalue weighted by atomic mass is 79.9. The first-order valence-electron chi connectivity index (χ1n) is 6.85. The van der Waals surface area contributed by atoms with E-state index in [1.54, 1.807) is 30.3 Å². The predicted molar refractivity (Wildman–Crippen MR) is 87.5 cm³/mol. The summed E-state index contributed by atoms with van der Waals surface area (Å²) in [4.78, 5) is 11.4. The van der Waals surface area contributed by atoms with E-state index in [0.29, 0.717) is 21.7 Å².